The lowest BCUT2D eigenvalue weighted by Crippen LogP contribution is -2.44. The number of aromatic nitrogens is 3. The molecule has 0 saturated carbocycles. The number of piperazine rings is 1. The van der Waals surface area contributed by atoms with Crippen LogP contribution in [0.1, 0.15) is 85.3 Å². The number of piperidine rings is 2. The standard InChI is InChI=1S/C7H16N2.2C7H15N.C5H8N2.C5H11N.C5H7N.CH4/c1-3-9-6-4-8(2)5-7-9;2*1-2-8-6-4-3-5-7-8;1-5-3-7(2)4-6-5;2*1-6-4-2-3-5-6;/h3-7H2,1-2H3;2*2-7H2,1H3;3-4H,1-2H3;2-5H2,1H3;2-5H,1H3;1H4. The molecule has 8 heteroatoms. The zero-order valence-electron chi connectivity index (χ0n) is 30.4. The number of hydrogen-bond donors (Lipinski definition) is 0. The number of hydrogen-bond acceptors (Lipinski definition) is 6. The molecule has 0 amide bonds. The van der Waals surface area contributed by atoms with E-state index < -0.39 is 0 Å². The molecule has 6 heterocycles. The van der Waals surface area contributed by atoms with E-state index in [9.17, 15) is 0 Å². The summed E-state index contributed by atoms with van der Waals surface area (Å²) >= 11 is 0. The van der Waals surface area contributed by atoms with Crippen molar-refractivity contribution in [2.24, 2.45) is 14.1 Å². The van der Waals surface area contributed by atoms with Crippen molar-refractivity contribution >= 4 is 0 Å². The smallest absolute Gasteiger partial charge is 0.0946 e. The molecule has 0 atom stereocenters. The van der Waals surface area contributed by atoms with Crippen LogP contribution < -0.4 is 0 Å². The summed E-state index contributed by atoms with van der Waals surface area (Å²) in [5.41, 5.74) is 1.07. The van der Waals surface area contributed by atoms with Crippen molar-refractivity contribution in [3.05, 3.63) is 42.7 Å². The Morgan fingerprint density at radius 1 is 0.511 bits per heavy atom. The van der Waals surface area contributed by atoms with Crippen LogP contribution in [0.3, 0.4) is 0 Å². The van der Waals surface area contributed by atoms with E-state index in [0.29, 0.717) is 0 Å². The van der Waals surface area contributed by atoms with Gasteiger partial charge in [-0.1, -0.05) is 41.0 Å². The maximum atomic E-state index is 3.98. The van der Waals surface area contributed by atoms with Crippen LogP contribution in [0.5, 0.6) is 0 Å². The fraction of sp³-hybridized carbons (Fsp3) is 0.811. The molecule has 0 N–H and O–H groups in total. The van der Waals surface area contributed by atoms with Crippen molar-refractivity contribution in [2.45, 2.75) is 86.5 Å². The van der Waals surface area contributed by atoms with Crippen molar-refractivity contribution in [1.82, 2.24) is 38.6 Å². The molecular weight excluding hydrogens is 556 g/mol. The average Bonchev–Trinajstić information content (AvgIpc) is 3.84. The van der Waals surface area contributed by atoms with Crippen LogP contribution in [0.15, 0.2) is 37.1 Å². The molecule has 4 aliphatic rings. The number of rotatable bonds is 3. The maximum Gasteiger partial charge on any atom is 0.0946 e. The first-order valence-electron chi connectivity index (χ1n) is 17.8. The van der Waals surface area contributed by atoms with Crippen LogP contribution in [0.2, 0.25) is 0 Å². The van der Waals surface area contributed by atoms with Crippen LogP contribution in [0.25, 0.3) is 0 Å². The lowest BCUT2D eigenvalue weighted by atomic mass is 10.1. The molecule has 4 saturated heterocycles. The van der Waals surface area contributed by atoms with Crippen molar-refractivity contribution in [3.8, 4) is 0 Å². The Morgan fingerprint density at radius 2 is 0.889 bits per heavy atom. The molecule has 0 spiro atoms. The molecule has 264 valence electrons. The van der Waals surface area contributed by atoms with E-state index in [1.54, 1.807) is 6.33 Å². The van der Waals surface area contributed by atoms with Gasteiger partial charge in [-0.25, -0.2) is 4.98 Å². The van der Waals surface area contributed by atoms with E-state index in [1.807, 2.05) is 60.9 Å². The predicted octanol–water partition coefficient (Wildman–Crippen LogP) is 6.34. The third kappa shape index (κ3) is 24.2. The van der Waals surface area contributed by atoms with Gasteiger partial charge in [0.15, 0.2) is 0 Å². The number of imidazole rings is 1. The van der Waals surface area contributed by atoms with Gasteiger partial charge in [-0.2, -0.15) is 0 Å². The Hall–Kier alpha value is -1.71. The van der Waals surface area contributed by atoms with Crippen LogP contribution >= 0.6 is 0 Å². The Labute approximate surface area is 280 Å². The summed E-state index contributed by atoms with van der Waals surface area (Å²) in [6.07, 6.45) is 19.2. The van der Waals surface area contributed by atoms with Gasteiger partial charge in [0.05, 0.1) is 12.0 Å². The van der Waals surface area contributed by atoms with Crippen LogP contribution in [0.4, 0.5) is 0 Å². The summed E-state index contributed by atoms with van der Waals surface area (Å²) in [6, 6.07) is 4.00. The van der Waals surface area contributed by atoms with E-state index in [-0.39, 0.29) is 7.43 Å². The summed E-state index contributed by atoms with van der Waals surface area (Å²) in [7, 11) is 8.32. The highest BCUT2D eigenvalue weighted by Crippen LogP contribution is 2.07. The second-order valence-corrected chi connectivity index (χ2v) is 12.8. The molecule has 2 aromatic heterocycles. The molecule has 0 aromatic carbocycles. The van der Waals surface area contributed by atoms with Gasteiger partial charge in [-0.15, -0.1) is 0 Å². The molecule has 6 rings (SSSR count). The van der Waals surface area contributed by atoms with Crippen LogP contribution in [-0.4, -0.2) is 138 Å². The highest BCUT2D eigenvalue weighted by Gasteiger charge is 2.10. The topological polar surface area (TPSA) is 39.0 Å². The molecule has 0 unspecified atom stereocenters. The maximum absolute atomic E-state index is 3.98. The third-order valence-electron chi connectivity index (χ3n) is 8.75. The van der Waals surface area contributed by atoms with Gasteiger partial charge in [-0.3, -0.25) is 0 Å². The van der Waals surface area contributed by atoms with Gasteiger partial charge >= 0.3 is 0 Å². The number of likely N-dealkylation sites (N-methyl/N-ethyl adjacent to an activating group) is 2. The molecule has 45 heavy (non-hydrogen) atoms. The number of nitrogens with zero attached hydrogens (tertiary/aromatic N) is 8. The van der Waals surface area contributed by atoms with Crippen LogP contribution in [-0.2, 0) is 14.1 Å². The first-order chi connectivity index (χ1) is 21.3. The molecular formula is C37H76N8. The van der Waals surface area contributed by atoms with E-state index in [1.165, 1.54) is 136 Å². The van der Waals surface area contributed by atoms with Crippen molar-refractivity contribution < 1.29 is 0 Å². The molecule has 4 aliphatic heterocycles. The minimum absolute atomic E-state index is 0. The van der Waals surface area contributed by atoms with E-state index in [4.69, 9.17) is 0 Å². The molecule has 0 aliphatic carbocycles. The van der Waals surface area contributed by atoms with Gasteiger partial charge < -0.3 is 33.6 Å². The van der Waals surface area contributed by atoms with Crippen molar-refractivity contribution in [1.29, 1.82) is 0 Å². The summed E-state index contributed by atoms with van der Waals surface area (Å²) in [5, 5.41) is 0. The van der Waals surface area contributed by atoms with Crippen LogP contribution in [0, 0.1) is 6.92 Å². The Morgan fingerprint density at radius 3 is 1.11 bits per heavy atom. The van der Waals surface area contributed by atoms with Gasteiger partial charge in [0, 0.05) is 58.9 Å². The van der Waals surface area contributed by atoms with Crippen molar-refractivity contribution in [3.63, 3.8) is 0 Å². The Balaban J connectivity index is 0.000000517. The molecule has 8 nitrogen and oxygen atoms in total. The first kappa shape index (κ1) is 43.3. The lowest BCUT2D eigenvalue weighted by molar-refractivity contribution is 0.160. The van der Waals surface area contributed by atoms with E-state index >= 15 is 0 Å². The number of aryl methyl sites for hydroxylation is 3. The second-order valence-electron chi connectivity index (χ2n) is 12.8. The fourth-order valence-corrected chi connectivity index (χ4v) is 5.55. The first-order valence-corrected chi connectivity index (χ1v) is 17.8. The minimum atomic E-state index is 0. The van der Waals surface area contributed by atoms with Gasteiger partial charge in [0.2, 0.25) is 0 Å². The zero-order valence-corrected chi connectivity index (χ0v) is 30.4. The minimum Gasteiger partial charge on any atom is -0.357 e. The number of likely N-dealkylation sites (tertiary alicyclic amines) is 3. The van der Waals surface area contributed by atoms with Gasteiger partial charge in [0.25, 0.3) is 0 Å². The molecule has 4 fully saturated rings. The monoisotopic (exact) mass is 633 g/mol. The summed E-state index contributed by atoms with van der Waals surface area (Å²) in [6.45, 7) is 25.4. The molecule has 0 bridgehead atoms. The van der Waals surface area contributed by atoms with Crippen molar-refractivity contribution in [2.75, 3.05) is 99.2 Å². The highest BCUT2D eigenvalue weighted by molar-refractivity contribution is 4.90. The second kappa shape index (κ2) is 28.5. The molecule has 2 aromatic rings. The highest BCUT2D eigenvalue weighted by atomic mass is 15.2. The fourth-order valence-electron chi connectivity index (χ4n) is 5.55. The SMILES string of the molecule is C.CCN1CCCCC1.CCN1CCCCC1.CCN1CCN(C)CC1.CN1CCCC1.Cc1cn(C)cn1.Cn1cccc1. The van der Waals surface area contributed by atoms with Gasteiger partial charge in [-0.05, 0) is 131 Å². The summed E-state index contributed by atoms with van der Waals surface area (Å²) in [4.78, 5) is 16.2. The molecule has 0 radical (unpaired) electrons. The zero-order chi connectivity index (χ0) is 32.4. The normalized spacial score (nSPS) is 19.4. The Kier molecular flexibility index (Phi) is 27.4. The summed E-state index contributed by atoms with van der Waals surface area (Å²) in [5.74, 6) is 0. The van der Waals surface area contributed by atoms with Gasteiger partial charge in [0.1, 0.15) is 0 Å². The lowest BCUT2D eigenvalue weighted by Gasteiger charge is -2.31. The Bertz CT molecular complexity index is 807. The summed E-state index contributed by atoms with van der Waals surface area (Å²) < 4.78 is 3.93. The quantitative estimate of drug-likeness (QED) is 0.393. The largest absolute Gasteiger partial charge is 0.357 e. The third-order valence-corrected chi connectivity index (χ3v) is 8.75. The predicted molar refractivity (Wildman–Crippen MR) is 198 cm³/mol. The van der Waals surface area contributed by atoms with E-state index in [2.05, 4.69) is 64.4 Å². The average molecular weight is 633 g/mol. The van der Waals surface area contributed by atoms with E-state index in [0.717, 1.165) is 5.69 Å².